The Morgan fingerprint density at radius 1 is 1.45 bits per heavy atom. The molecule has 0 saturated heterocycles. The van der Waals surface area contributed by atoms with Gasteiger partial charge in [-0.1, -0.05) is 11.6 Å². The molecule has 1 rings (SSSR count). The SMILES string of the molecule is CC(C)N(C)CCCNS(=O)(=O)c1c[nH]c(=O)c(Cl)c1. The molecule has 8 heteroatoms. The van der Waals surface area contributed by atoms with E-state index in [9.17, 15) is 13.2 Å². The Bertz CT molecular complexity index is 598. The lowest BCUT2D eigenvalue weighted by molar-refractivity contribution is 0.271. The fourth-order valence-corrected chi connectivity index (χ4v) is 2.77. The molecule has 0 radical (unpaired) electrons. The first-order valence-corrected chi connectivity index (χ1v) is 8.18. The fourth-order valence-electron chi connectivity index (χ4n) is 1.47. The highest BCUT2D eigenvalue weighted by Gasteiger charge is 2.15. The predicted molar refractivity (Wildman–Crippen MR) is 79.6 cm³/mol. The van der Waals surface area contributed by atoms with Crippen molar-refractivity contribution in [3.8, 4) is 0 Å². The van der Waals surface area contributed by atoms with E-state index in [1.54, 1.807) is 0 Å². The van der Waals surface area contributed by atoms with Crippen LogP contribution >= 0.6 is 11.6 Å². The van der Waals surface area contributed by atoms with Gasteiger partial charge in [-0.2, -0.15) is 0 Å². The number of H-pyrrole nitrogens is 1. The summed E-state index contributed by atoms with van der Waals surface area (Å²) < 4.78 is 26.4. The molecule has 1 heterocycles. The van der Waals surface area contributed by atoms with Crippen LogP contribution in [0, 0.1) is 0 Å². The number of aromatic amines is 1. The van der Waals surface area contributed by atoms with Gasteiger partial charge in [0, 0.05) is 18.8 Å². The number of hydrogen-bond acceptors (Lipinski definition) is 4. The minimum atomic E-state index is -3.64. The van der Waals surface area contributed by atoms with E-state index in [1.807, 2.05) is 7.05 Å². The zero-order valence-corrected chi connectivity index (χ0v) is 13.4. The van der Waals surface area contributed by atoms with Crippen LogP contribution in [0.25, 0.3) is 0 Å². The summed E-state index contributed by atoms with van der Waals surface area (Å²) >= 11 is 5.61. The van der Waals surface area contributed by atoms with Gasteiger partial charge in [0.2, 0.25) is 10.0 Å². The highest BCUT2D eigenvalue weighted by molar-refractivity contribution is 7.89. The second-order valence-electron chi connectivity index (χ2n) is 4.84. The maximum Gasteiger partial charge on any atom is 0.266 e. The van der Waals surface area contributed by atoms with Crippen LogP contribution in [0.5, 0.6) is 0 Å². The van der Waals surface area contributed by atoms with Gasteiger partial charge in [0.25, 0.3) is 5.56 Å². The molecule has 0 spiro atoms. The summed E-state index contributed by atoms with van der Waals surface area (Å²) in [4.78, 5) is 15.5. The molecule has 0 atom stereocenters. The van der Waals surface area contributed by atoms with Crippen LogP contribution in [0.2, 0.25) is 5.02 Å². The zero-order valence-electron chi connectivity index (χ0n) is 11.8. The molecule has 20 heavy (non-hydrogen) atoms. The summed E-state index contributed by atoms with van der Waals surface area (Å²) in [5.41, 5.74) is -0.510. The van der Waals surface area contributed by atoms with E-state index in [2.05, 4.69) is 28.5 Å². The number of nitrogens with one attached hydrogen (secondary N) is 2. The lowest BCUT2D eigenvalue weighted by Gasteiger charge is -2.20. The number of hydrogen-bond donors (Lipinski definition) is 2. The minimum Gasteiger partial charge on any atom is -0.326 e. The lowest BCUT2D eigenvalue weighted by Crippen LogP contribution is -2.31. The maximum atomic E-state index is 12.0. The van der Waals surface area contributed by atoms with Gasteiger partial charge in [-0.25, -0.2) is 13.1 Å². The molecule has 1 aromatic rings. The van der Waals surface area contributed by atoms with Crippen LogP contribution < -0.4 is 10.3 Å². The van der Waals surface area contributed by atoms with E-state index in [1.165, 1.54) is 0 Å². The molecule has 0 aliphatic rings. The zero-order chi connectivity index (χ0) is 15.3. The van der Waals surface area contributed by atoms with Gasteiger partial charge < -0.3 is 9.88 Å². The van der Waals surface area contributed by atoms with Crippen molar-refractivity contribution in [3.05, 3.63) is 27.6 Å². The highest BCUT2D eigenvalue weighted by Crippen LogP contribution is 2.10. The molecule has 114 valence electrons. The van der Waals surface area contributed by atoms with Crippen LogP contribution in [-0.2, 0) is 10.0 Å². The summed E-state index contributed by atoms with van der Waals surface area (Å²) in [6.07, 6.45) is 1.84. The van der Waals surface area contributed by atoms with Crippen molar-refractivity contribution in [2.24, 2.45) is 0 Å². The van der Waals surface area contributed by atoms with Gasteiger partial charge in [-0.15, -0.1) is 0 Å². The summed E-state index contributed by atoms with van der Waals surface area (Å²) in [6, 6.07) is 1.56. The van der Waals surface area contributed by atoms with E-state index in [0.29, 0.717) is 19.0 Å². The van der Waals surface area contributed by atoms with Crippen LogP contribution in [0.3, 0.4) is 0 Å². The Morgan fingerprint density at radius 3 is 2.65 bits per heavy atom. The molecule has 0 saturated carbocycles. The Hall–Kier alpha value is -0.890. The first-order chi connectivity index (χ1) is 9.24. The maximum absolute atomic E-state index is 12.0. The van der Waals surface area contributed by atoms with E-state index < -0.39 is 15.6 Å². The van der Waals surface area contributed by atoms with Gasteiger partial charge >= 0.3 is 0 Å². The molecule has 1 aromatic heterocycles. The monoisotopic (exact) mass is 321 g/mol. The quantitative estimate of drug-likeness (QED) is 0.735. The number of rotatable bonds is 7. The number of aromatic nitrogens is 1. The number of pyridine rings is 1. The third kappa shape index (κ3) is 4.90. The smallest absolute Gasteiger partial charge is 0.266 e. The van der Waals surface area contributed by atoms with Crippen molar-refractivity contribution < 1.29 is 8.42 Å². The first-order valence-electron chi connectivity index (χ1n) is 6.32. The molecule has 2 N–H and O–H groups in total. The van der Waals surface area contributed by atoms with Crippen LogP contribution in [-0.4, -0.2) is 44.5 Å². The molecular weight excluding hydrogens is 302 g/mol. The largest absolute Gasteiger partial charge is 0.326 e. The molecule has 0 bridgehead atoms. The second kappa shape index (κ2) is 7.21. The van der Waals surface area contributed by atoms with E-state index in [4.69, 9.17) is 11.6 Å². The summed E-state index contributed by atoms with van der Waals surface area (Å²) in [5, 5.41) is -0.146. The molecule has 0 fully saturated rings. The first kappa shape index (κ1) is 17.2. The van der Waals surface area contributed by atoms with E-state index >= 15 is 0 Å². The van der Waals surface area contributed by atoms with Crippen molar-refractivity contribution in [1.29, 1.82) is 0 Å². The average Bonchev–Trinajstić information content (AvgIpc) is 2.37. The summed E-state index contributed by atoms with van der Waals surface area (Å²) in [5.74, 6) is 0. The topological polar surface area (TPSA) is 82.3 Å². The van der Waals surface area contributed by atoms with Gasteiger partial charge in [0.1, 0.15) is 5.02 Å². The van der Waals surface area contributed by atoms with Crippen molar-refractivity contribution >= 4 is 21.6 Å². The molecule has 0 amide bonds. The summed E-state index contributed by atoms with van der Waals surface area (Å²) in [7, 11) is -1.65. The Kier molecular flexibility index (Phi) is 6.19. The predicted octanol–water partition coefficient (Wildman–Crippen LogP) is 1.04. The fraction of sp³-hybridized carbons (Fsp3) is 0.583. The number of nitrogens with zero attached hydrogens (tertiary/aromatic N) is 1. The van der Waals surface area contributed by atoms with Crippen LogP contribution in [0.15, 0.2) is 22.0 Å². The van der Waals surface area contributed by atoms with Crippen LogP contribution in [0.4, 0.5) is 0 Å². The second-order valence-corrected chi connectivity index (χ2v) is 7.01. The van der Waals surface area contributed by atoms with Crippen molar-refractivity contribution in [1.82, 2.24) is 14.6 Å². The molecule has 6 nitrogen and oxygen atoms in total. The standard InChI is InChI=1S/C12H20ClN3O3S/c1-9(2)16(3)6-4-5-15-20(18,19)10-7-11(13)12(17)14-8-10/h7-9,15H,4-6H2,1-3H3,(H,14,17). The van der Waals surface area contributed by atoms with E-state index in [0.717, 1.165) is 18.8 Å². The Labute approximate surface area is 124 Å². The molecular formula is C12H20ClN3O3S. The normalized spacial score (nSPS) is 12.3. The van der Waals surface area contributed by atoms with E-state index in [-0.39, 0.29) is 9.92 Å². The number of sulfonamides is 1. The minimum absolute atomic E-state index is 0.0423. The van der Waals surface area contributed by atoms with Crippen LogP contribution in [0.1, 0.15) is 20.3 Å². The third-order valence-corrected chi connectivity index (χ3v) is 4.72. The highest BCUT2D eigenvalue weighted by atomic mass is 35.5. The van der Waals surface area contributed by atoms with Gasteiger partial charge in [-0.3, -0.25) is 4.79 Å². The number of halogens is 1. The molecule has 0 aliphatic carbocycles. The Morgan fingerprint density at radius 2 is 2.10 bits per heavy atom. The lowest BCUT2D eigenvalue weighted by atomic mass is 10.3. The van der Waals surface area contributed by atoms with Crippen molar-refractivity contribution in [2.75, 3.05) is 20.1 Å². The molecule has 0 aliphatic heterocycles. The third-order valence-electron chi connectivity index (χ3n) is 3.00. The summed E-state index contributed by atoms with van der Waals surface area (Å²) in [6.45, 7) is 5.28. The van der Waals surface area contributed by atoms with Gasteiger partial charge in [0.15, 0.2) is 0 Å². The molecule has 0 aromatic carbocycles. The van der Waals surface area contributed by atoms with Crippen molar-refractivity contribution in [3.63, 3.8) is 0 Å². The van der Waals surface area contributed by atoms with Gasteiger partial charge in [-0.05, 0) is 39.9 Å². The Balaban J connectivity index is 2.58. The van der Waals surface area contributed by atoms with Gasteiger partial charge in [0.05, 0.1) is 4.90 Å². The average molecular weight is 322 g/mol. The molecule has 0 unspecified atom stereocenters. The van der Waals surface area contributed by atoms with Crippen molar-refractivity contribution in [2.45, 2.75) is 31.2 Å².